The molecule has 2 rings (SSSR count). The smallest absolute Gasteiger partial charge is 0.240 e. The molecule has 0 aliphatic heterocycles. The highest BCUT2D eigenvalue weighted by molar-refractivity contribution is 6.31. The van der Waals surface area contributed by atoms with Crippen LogP contribution in [-0.2, 0) is 16.0 Å². The molecule has 0 heterocycles. The molecule has 2 aromatic carbocycles. The van der Waals surface area contributed by atoms with Gasteiger partial charge < -0.3 is 5.32 Å². The van der Waals surface area contributed by atoms with Gasteiger partial charge in [0.2, 0.25) is 11.8 Å². The third-order valence-electron chi connectivity index (χ3n) is 3.73. The number of nitrogens with zero attached hydrogens (tertiary/aromatic N) is 1. The van der Waals surface area contributed by atoms with Gasteiger partial charge in [-0.15, -0.1) is 0 Å². The molecule has 6 heteroatoms. The van der Waals surface area contributed by atoms with Gasteiger partial charge in [0, 0.05) is 22.8 Å². The minimum atomic E-state index is -0.218. The Morgan fingerprint density at radius 1 is 1.08 bits per heavy atom. The zero-order chi connectivity index (χ0) is 18.9. The van der Waals surface area contributed by atoms with Gasteiger partial charge in [-0.2, -0.15) is 5.10 Å². The minimum Gasteiger partial charge on any atom is -0.326 e. The SMILES string of the molecule is C/C(CC(=O)Nc1ccc(C)c(Cl)c1)=N\NC(=O)CCc1ccccc1. The van der Waals surface area contributed by atoms with Crippen LogP contribution >= 0.6 is 11.6 Å². The van der Waals surface area contributed by atoms with Crippen molar-refractivity contribution in [1.29, 1.82) is 0 Å². The average molecular weight is 372 g/mol. The summed E-state index contributed by atoms with van der Waals surface area (Å²) >= 11 is 6.04. The van der Waals surface area contributed by atoms with Gasteiger partial charge in [-0.3, -0.25) is 9.59 Å². The molecule has 0 unspecified atom stereocenters. The second-order valence-electron chi connectivity index (χ2n) is 6.06. The van der Waals surface area contributed by atoms with Crippen molar-refractivity contribution in [1.82, 2.24) is 5.43 Å². The van der Waals surface area contributed by atoms with Crippen molar-refractivity contribution in [2.24, 2.45) is 5.10 Å². The van der Waals surface area contributed by atoms with Crippen LogP contribution in [0.5, 0.6) is 0 Å². The van der Waals surface area contributed by atoms with Crippen LogP contribution in [0, 0.1) is 6.92 Å². The number of benzene rings is 2. The molecule has 26 heavy (non-hydrogen) atoms. The number of carbonyl (C=O) groups excluding carboxylic acids is 2. The van der Waals surface area contributed by atoms with Crippen LogP contribution in [0.15, 0.2) is 53.6 Å². The third kappa shape index (κ3) is 6.69. The first kappa shape index (κ1) is 19.7. The Balaban J connectivity index is 1.76. The molecule has 0 saturated heterocycles. The summed E-state index contributed by atoms with van der Waals surface area (Å²) in [5.74, 6) is -0.399. The summed E-state index contributed by atoms with van der Waals surface area (Å²) < 4.78 is 0. The van der Waals surface area contributed by atoms with Crippen LogP contribution in [0.25, 0.3) is 0 Å². The maximum atomic E-state index is 12.0. The van der Waals surface area contributed by atoms with Crippen molar-refractivity contribution < 1.29 is 9.59 Å². The first-order valence-corrected chi connectivity index (χ1v) is 8.74. The maximum Gasteiger partial charge on any atom is 0.240 e. The Bertz CT molecular complexity index is 804. The highest BCUT2D eigenvalue weighted by Gasteiger charge is 2.07. The van der Waals surface area contributed by atoms with E-state index < -0.39 is 0 Å². The monoisotopic (exact) mass is 371 g/mol. The second kappa shape index (κ2) is 9.73. The number of nitrogens with one attached hydrogen (secondary N) is 2. The largest absolute Gasteiger partial charge is 0.326 e. The van der Waals surface area contributed by atoms with E-state index in [1.54, 1.807) is 19.1 Å². The lowest BCUT2D eigenvalue weighted by Crippen LogP contribution is -2.21. The van der Waals surface area contributed by atoms with Crippen molar-refractivity contribution in [3.63, 3.8) is 0 Å². The third-order valence-corrected chi connectivity index (χ3v) is 4.13. The van der Waals surface area contributed by atoms with Crippen LogP contribution in [-0.4, -0.2) is 17.5 Å². The predicted octanol–water partition coefficient (Wildman–Crippen LogP) is 4.10. The Labute approximate surface area is 158 Å². The van der Waals surface area contributed by atoms with Gasteiger partial charge in [-0.25, -0.2) is 5.43 Å². The molecule has 0 aliphatic rings. The zero-order valence-corrected chi connectivity index (χ0v) is 15.6. The lowest BCUT2D eigenvalue weighted by atomic mass is 10.1. The molecule has 0 saturated carbocycles. The zero-order valence-electron chi connectivity index (χ0n) is 14.9. The number of aryl methyl sites for hydroxylation is 2. The summed E-state index contributed by atoms with van der Waals surface area (Å²) in [5, 5.41) is 7.33. The van der Waals surface area contributed by atoms with Gasteiger partial charge in [0.1, 0.15) is 0 Å². The first-order chi connectivity index (χ1) is 12.4. The van der Waals surface area contributed by atoms with Gasteiger partial charge in [-0.1, -0.05) is 48.0 Å². The average Bonchev–Trinajstić information content (AvgIpc) is 2.62. The van der Waals surface area contributed by atoms with E-state index in [1.807, 2.05) is 43.3 Å². The molecule has 136 valence electrons. The molecular formula is C20H22ClN3O2. The van der Waals surface area contributed by atoms with E-state index in [9.17, 15) is 9.59 Å². The lowest BCUT2D eigenvalue weighted by Gasteiger charge is -2.07. The Morgan fingerprint density at radius 2 is 1.81 bits per heavy atom. The van der Waals surface area contributed by atoms with Gasteiger partial charge in [0.25, 0.3) is 0 Å². The lowest BCUT2D eigenvalue weighted by molar-refractivity contribution is -0.121. The predicted molar refractivity (Wildman–Crippen MR) is 105 cm³/mol. The molecular weight excluding hydrogens is 350 g/mol. The number of anilines is 1. The number of halogens is 1. The van der Waals surface area contributed by atoms with Crippen molar-refractivity contribution in [3.05, 3.63) is 64.7 Å². The molecule has 0 atom stereocenters. The number of hydrogen-bond acceptors (Lipinski definition) is 3. The van der Waals surface area contributed by atoms with E-state index in [0.29, 0.717) is 29.3 Å². The summed E-state index contributed by atoms with van der Waals surface area (Å²) in [5.41, 5.74) is 5.68. The Morgan fingerprint density at radius 3 is 2.50 bits per heavy atom. The van der Waals surface area contributed by atoms with Crippen molar-refractivity contribution in [3.8, 4) is 0 Å². The van der Waals surface area contributed by atoms with Crippen LogP contribution in [0.3, 0.4) is 0 Å². The molecule has 2 aromatic rings. The highest BCUT2D eigenvalue weighted by atomic mass is 35.5. The van der Waals surface area contributed by atoms with Crippen LogP contribution < -0.4 is 10.7 Å². The van der Waals surface area contributed by atoms with Crippen LogP contribution in [0.4, 0.5) is 5.69 Å². The van der Waals surface area contributed by atoms with Gasteiger partial charge in [0.15, 0.2) is 0 Å². The number of hydrogen-bond donors (Lipinski definition) is 2. The summed E-state index contributed by atoms with van der Waals surface area (Å²) in [4.78, 5) is 23.9. The summed E-state index contributed by atoms with van der Waals surface area (Å²) in [6.45, 7) is 3.59. The minimum absolute atomic E-state index is 0.0878. The standard InChI is InChI=1S/C20H22ClN3O2/c1-14-8-10-17(13-18(14)21)22-20(26)12-15(2)23-24-19(25)11-9-16-6-4-3-5-7-16/h3-8,10,13H,9,11-12H2,1-2H3,(H,22,26)(H,24,25)/b23-15+. The van der Waals surface area contributed by atoms with Gasteiger partial charge >= 0.3 is 0 Å². The molecule has 0 aromatic heterocycles. The van der Waals surface area contributed by atoms with Crippen LogP contribution in [0.1, 0.15) is 30.9 Å². The van der Waals surface area contributed by atoms with Crippen LogP contribution in [0.2, 0.25) is 5.02 Å². The molecule has 2 amide bonds. The van der Waals surface area contributed by atoms with E-state index in [-0.39, 0.29) is 18.2 Å². The number of rotatable bonds is 7. The summed E-state index contributed by atoms with van der Waals surface area (Å²) in [6.07, 6.45) is 1.08. The van der Waals surface area contributed by atoms with E-state index in [0.717, 1.165) is 11.1 Å². The topological polar surface area (TPSA) is 70.6 Å². The molecule has 0 spiro atoms. The quantitative estimate of drug-likeness (QED) is 0.568. The molecule has 0 bridgehead atoms. The van der Waals surface area contributed by atoms with E-state index in [1.165, 1.54) is 0 Å². The molecule has 2 N–H and O–H groups in total. The van der Waals surface area contributed by atoms with E-state index >= 15 is 0 Å². The molecule has 0 fully saturated rings. The van der Waals surface area contributed by atoms with E-state index in [2.05, 4.69) is 15.8 Å². The fourth-order valence-corrected chi connectivity index (χ4v) is 2.44. The second-order valence-corrected chi connectivity index (χ2v) is 6.46. The van der Waals surface area contributed by atoms with Gasteiger partial charge in [0.05, 0.1) is 6.42 Å². The molecule has 0 aliphatic carbocycles. The normalized spacial score (nSPS) is 11.1. The number of carbonyl (C=O) groups is 2. The Kier molecular flexibility index (Phi) is 7.36. The van der Waals surface area contributed by atoms with Crippen molar-refractivity contribution in [2.45, 2.75) is 33.1 Å². The maximum absolute atomic E-state index is 12.0. The molecule has 5 nitrogen and oxygen atoms in total. The summed E-state index contributed by atoms with van der Waals surface area (Å²) in [7, 11) is 0. The fourth-order valence-electron chi connectivity index (χ4n) is 2.26. The van der Waals surface area contributed by atoms with Gasteiger partial charge in [-0.05, 0) is 43.5 Å². The van der Waals surface area contributed by atoms with Crippen molar-refractivity contribution >= 4 is 34.8 Å². The van der Waals surface area contributed by atoms with E-state index in [4.69, 9.17) is 11.6 Å². The fraction of sp³-hybridized carbons (Fsp3) is 0.250. The summed E-state index contributed by atoms with van der Waals surface area (Å²) in [6, 6.07) is 15.1. The first-order valence-electron chi connectivity index (χ1n) is 8.36. The highest BCUT2D eigenvalue weighted by Crippen LogP contribution is 2.20. The number of amides is 2. The molecule has 0 radical (unpaired) electrons. The Hall–Kier alpha value is -2.66. The number of hydrazone groups is 1. The van der Waals surface area contributed by atoms with Crippen molar-refractivity contribution in [2.75, 3.05) is 5.32 Å².